The molecule has 3 N–H and O–H groups in total. The van der Waals surface area contributed by atoms with Crippen molar-refractivity contribution >= 4 is 23.1 Å². The van der Waals surface area contributed by atoms with Crippen LogP contribution >= 0.6 is 0 Å². The molecule has 188 valence electrons. The number of ether oxygens (including phenoxy) is 2. The van der Waals surface area contributed by atoms with Crippen molar-refractivity contribution in [2.24, 2.45) is 0 Å². The van der Waals surface area contributed by atoms with Crippen molar-refractivity contribution in [1.29, 1.82) is 0 Å². The molecule has 0 aliphatic heterocycles. The minimum atomic E-state index is -2.23. The molecule has 3 rings (SSSR count). The van der Waals surface area contributed by atoms with E-state index in [2.05, 4.69) is 25.9 Å². The topological polar surface area (TPSA) is 80.3 Å². The number of methoxy groups -OCH3 is 1. The molecule has 0 amide bonds. The summed E-state index contributed by atoms with van der Waals surface area (Å²) in [4.78, 5) is 7.89. The zero-order valence-electron chi connectivity index (χ0n) is 18.4. The first kappa shape index (κ1) is 25.9. The summed E-state index contributed by atoms with van der Waals surface area (Å²) in [5.41, 5.74) is -0.509. The molecular formula is C22H21F6N5O2. The molecule has 35 heavy (non-hydrogen) atoms. The maximum atomic E-state index is 14.0. The summed E-state index contributed by atoms with van der Waals surface area (Å²) in [5.74, 6) is -10.4. The van der Waals surface area contributed by atoms with E-state index < -0.39 is 40.6 Å². The van der Waals surface area contributed by atoms with Crippen LogP contribution in [0.4, 0.5) is 49.5 Å². The molecule has 0 fully saturated rings. The fraction of sp³-hybridized carbons (Fsp3) is 0.273. The Bertz CT molecular complexity index is 1120. The molecule has 0 bridgehead atoms. The van der Waals surface area contributed by atoms with Crippen molar-refractivity contribution in [2.45, 2.75) is 6.42 Å². The van der Waals surface area contributed by atoms with Crippen LogP contribution in [0.15, 0.2) is 30.5 Å². The number of anilines is 4. The first-order chi connectivity index (χ1) is 16.8. The predicted molar refractivity (Wildman–Crippen MR) is 117 cm³/mol. The van der Waals surface area contributed by atoms with Crippen molar-refractivity contribution < 1.29 is 35.8 Å². The molecule has 13 heteroatoms. The SMILES string of the molecule is COCCOc1ccc(Nc2ncc(F)c(NCCCNc3c(F)c(F)c(F)c(F)c3F)n2)cc1. The Hall–Kier alpha value is -3.74. The van der Waals surface area contributed by atoms with Crippen molar-refractivity contribution in [3.8, 4) is 5.75 Å². The highest BCUT2D eigenvalue weighted by Gasteiger charge is 2.25. The average Bonchev–Trinajstić information content (AvgIpc) is 2.86. The third kappa shape index (κ3) is 6.66. The van der Waals surface area contributed by atoms with Gasteiger partial charge in [-0.3, -0.25) is 0 Å². The van der Waals surface area contributed by atoms with E-state index in [4.69, 9.17) is 9.47 Å². The Morgan fingerprint density at radius 3 is 2.09 bits per heavy atom. The normalized spacial score (nSPS) is 10.8. The molecule has 0 saturated heterocycles. The second-order valence-corrected chi connectivity index (χ2v) is 7.03. The zero-order chi connectivity index (χ0) is 25.4. The van der Waals surface area contributed by atoms with Crippen LogP contribution in [0.3, 0.4) is 0 Å². The van der Waals surface area contributed by atoms with E-state index >= 15 is 0 Å². The number of halogens is 6. The summed E-state index contributed by atoms with van der Waals surface area (Å²) in [6, 6.07) is 6.87. The van der Waals surface area contributed by atoms with Gasteiger partial charge in [0, 0.05) is 25.9 Å². The van der Waals surface area contributed by atoms with Crippen molar-refractivity contribution in [2.75, 3.05) is 49.4 Å². The lowest BCUT2D eigenvalue weighted by Crippen LogP contribution is -2.14. The fourth-order valence-electron chi connectivity index (χ4n) is 2.83. The van der Waals surface area contributed by atoms with Crippen LogP contribution in [0.25, 0.3) is 0 Å². The first-order valence-corrected chi connectivity index (χ1v) is 10.3. The first-order valence-electron chi connectivity index (χ1n) is 10.3. The van der Waals surface area contributed by atoms with Gasteiger partial charge in [0.25, 0.3) is 0 Å². The van der Waals surface area contributed by atoms with E-state index in [1.807, 2.05) is 0 Å². The number of nitrogens with one attached hydrogen (secondary N) is 3. The van der Waals surface area contributed by atoms with Crippen LogP contribution in [0.5, 0.6) is 5.75 Å². The molecule has 0 atom stereocenters. The minimum Gasteiger partial charge on any atom is -0.491 e. The van der Waals surface area contributed by atoms with Gasteiger partial charge < -0.3 is 25.4 Å². The summed E-state index contributed by atoms with van der Waals surface area (Å²) in [6.45, 7) is 0.758. The van der Waals surface area contributed by atoms with Gasteiger partial charge in [-0.2, -0.15) is 4.98 Å². The Morgan fingerprint density at radius 2 is 1.43 bits per heavy atom. The standard InChI is InChI=1S/C22H21F6N5O2/c1-34-9-10-35-13-5-3-12(4-6-13)32-22-31-11-14(23)21(33-22)30-8-2-7-29-20-18(27)16(25)15(24)17(26)19(20)28/h3-6,11,29H,2,7-10H2,1H3,(H2,30,31,32,33). The van der Waals surface area contributed by atoms with E-state index in [-0.39, 0.29) is 31.3 Å². The summed E-state index contributed by atoms with van der Waals surface area (Å²) in [7, 11) is 1.57. The second-order valence-electron chi connectivity index (χ2n) is 7.03. The Balaban J connectivity index is 1.52. The molecule has 3 aromatic rings. The molecular weight excluding hydrogens is 480 g/mol. The van der Waals surface area contributed by atoms with Crippen LogP contribution in [-0.4, -0.2) is 43.4 Å². The average molecular weight is 501 g/mol. The van der Waals surface area contributed by atoms with E-state index in [1.165, 1.54) is 0 Å². The lowest BCUT2D eigenvalue weighted by atomic mass is 10.2. The molecule has 0 aliphatic rings. The molecule has 1 aromatic heterocycles. The number of hydrogen-bond acceptors (Lipinski definition) is 7. The monoisotopic (exact) mass is 501 g/mol. The zero-order valence-corrected chi connectivity index (χ0v) is 18.4. The minimum absolute atomic E-state index is 0.0727. The van der Waals surface area contributed by atoms with Gasteiger partial charge in [-0.1, -0.05) is 0 Å². The molecule has 0 unspecified atom stereocenters. The number of aromatic nitrogens is 2. The quantitative estimate of drug-likeness (QED) is 0.140. The molecule has 1 heterocycles. The molecule has 0 spiro atoms. The Morgan fingerprint density at radius 1 is 0.800 bits per heavy atom. The van der Waals surface area contributed by atoms with E-state index in [0.717, 1.165) is 6.20 Å². The largest absolute Gasteiger partial charge is 0.491 e. The van der Waals surface area contributed by atoms with Gasteiger partial charge >= 0.3 is 0 Å². The Labute approximate surface area is 196 Å². The molecule has 7 nitrogen and oxygen atoms in total. The lowest BCUT2D eigenvalue weighted by Gasteiger charge is -2.12. The molecule has 0 saturated carbocycles. The summed E-state index contributed by atoms with van der Waals surface area (Å²) in [5, 5.41) is 7.76. The van der Waals surface area contributed by atoms with Gasteiger partial charge in [0.15, 0.2) is 34.9 Å². The summed E-state index contributed by atoms with van der Waals surface area (Å²) in [6.07, 6.45) is 1.09. The van der Waals surface area contributed by atoms with Gasteiger partial charge in [-0.25, -0.2) is 31.3 Å². The number of rotatable bonds is 12. The maximum Gasteiger partial charge on any atom is 0.229 e. The van der Waals surface area contributed by atoms with E-state index in [9.17, 15) is 26.3 Å². The van der Waals surface area contributed by atoms with Gasteiger partial charge in [-0.15, -0.1) is 0 Å². The molecule has 0 radical (unpaired) electrons. The van der Waals surface area contributed by atoms with Crippen molar-refractivity contribution in [1.82, 2.24) is 9.97 Å². The highest BCUT2D eigenvalue weighted by atomic mass is 19.2. The van der Waals surface area contributed by atoms with Crippen LogP contribution in [0, 0.1) is 34.9 Å². The van der Waals surface area contributed by atoms with Gasteiger partial charge in [-0.05, 0) is 30.7 Å². The van der Waals surface area contributed by atoms with Crippen LogP contribution in [0.1, 0.15) is 6.42 Å². The van der Waals surface area contributed by atoms with Gasteiger partial charge in [0.05, 0.1) is 12.8 Å². The van der Waals surface area contributed by atoms with Gasteiger partial charge in [0.1, 0.15) is 18.0 Å². The van der Waals surface area contributed by atoms with Crippen LogP contribution < -0.4 is 20.7 Å². The maximum absolute atomic E-state index is 14.0. The number of hydrogen-bond donors (Lipinski definition) is 3. The van der Waals surface area contributed by atoms with Gasteiger partial charge in [0.2, 0.25) is 11.8 Å². The van der Waals surface area contributed by atoms with Crippen molar-refractivity contribution in [3.63, 3.8) is 0 Å². The van der Waals surface area contributed by atoms with Crippen LogP contribution in [0.2, 0.25) is 0 Å². The third-order valence-electron chi connectivity index (χ3n) is 4.57. The van der Waals surface area contributed by atoms with Crippen molar-refractivity contribution in [3.05, 3.63) is 65.4 Å². The summed E-state index contributed by atoms with van der Waals surface area (Å²) < 4.78 is 91.3. The van der Waals surface area contributed by atoms with E-state index in [1.54, 1.807) is 31.4 Å². The molecule has 0 aliphatic carbocycles. The molecule has 2 aromatic carbocycles. The van der Waals surface area contributed by atoms with E-state index in [0.29, 0.717) is 24.7 Å². The fourth-order valence-corrected chi connectivity index (χ4v) is 2.83. The highest BCUT2D eigenvalue weighted by molar-refractivity contribution is 5.56. The number of benzene rings is 2. The smallest absolute Gasteiger partial charge is 0.229 e. The Kier molecular flexibility index (Phi) is 8.95. The third-order valence-corrected chi connectivity index (χ3v) is 4.57. The number of nitrogens with zero attached hydrogens (tertiary/aromatic N) is 2. The highest BCUT2D eigenvalue weighted by Crippen LogP contribution is 2.27. The second kappa shape index (κ2) is 12.1. The summed E-state index contributed by atoms with van der Waals surface area (Å²) >= 11 is 0. The predicted octanol–water partition coefficient (Wildman–Crippen LogP) is 4.99. The lowest BCUT2D eigenvalue weighted by molar-refractivity contribution is 0.146. The van der Waals surface area contributed by atoms with Crippen LogP contribution in [-0.2, 0) is 4.74 Å².